The van der Waals surface area contributed by atoms with Crippen LogP contribution in [0, 0.1) is 10.1 Å². The first-order valence-electron chi connectivity index (χ1n) is 5.18. The molecule has 0 radical (unpaired) electrons. The highest BCUT2D eigenvalue weighted by molar-refractivity contribution is 5.34. The van der Waals surface area contributed by atoms with Gasteiger partial charge in [-0.1, -0.05) is 6.08 Å². The predicted octanol–water partition coefficient (Wildman–Crippen LogP) is -1.09. The molecule has 2 atom stereocenters. The van der Waals surface area contributed by atoms with Gasteiger partial charge in [0.15, 0.2) is 0 Å². The molecule has 1 rings (SSSR count). The van der Waals surface area contributed by atoms with Crippen LogP contribution in [-0.4, -0.2) is 44.6 Å². The van der Waals surface area contributed by atoms with Gasteiger partial charge in [-0.2, -0.15) is 0 Å². The summed E-state index contributed by atoms with van der Waals surface area (Å²) in [4.78, 5) is 10.00. The third kappa shape index (κ3) is 2.52. The Balaban J connectivity index is 3.13. The van der Waals surface area contributed by atoms with Crippen molar-refractivity contribution in [2.45, 2.75) is 24.0 Å². The minimum atomic E-state index is -1.73. The molecule has 17 heavy (non-hydrogen) atoms. The van der Waals surface area contributed by atoms with Crippen molar-refractivity contribution in [1.82, 2.24) is 0 Å². The van der Waals surface area contributed by atoms with Crippen LogP contribution in [0.5, 0.6) is 0 Å². The van der Waals surface area contributed by atoms with Gasteiger partial charge < -0.3 is 21.1 Å². The molecular formula is C10H16N2O5. The first-order chi connectivity index (χ1) is 7.88. The zero-order chi connectivity index (χ0) is 13.1. The molecule has 0 aromatic carbocycles. The van der Waals surface area contributed by atoms with Gasteiger partial charge in [-0.3, -0.25) is 10.1 Å². The summed E-state index contributed by atoms with van der Waals surface area (Å²) in [5, 5.41) is 38.8. The maximum atomic E-state index is 10.6. The van der Waals surface area contributed by atoms with Gasteiger partial charge in [0.05, 0.1) is 10.5 Å². The molecule has 0 saturated carbocycles. The summed E-state index contributed by atoms with van der Waals surface area (Å²) < 4.78 is 0. The predicted molar refractivity (Wildman–Crippen MR) is 59.5 cm³/mol. The number of nitro groups is 1. The van der Waals surface area contributed by atoms with Crippen LogP contribution < -0.4 is 5.73 Å². The van der Waals surface area contributed by atoms with Gasteiger partial charge in [0, 0.05) is 31.8 Å². The van der Waals surface area contributed by atoms with Crippen molar-refractivity contribution in [3.05, 3.63) is 34.0 Å². The highest BCUT2D eigenvalue weighted by Gasteiger charge is 2.47. The van der Waals surface area contributed by atoms with Gasteiger partial charge in [0.25, 0.3) is 5.70 Å². The molecule has 0 aromatic rings. The smallest absolute Gasteiger partial charge is 0.268 e. The first-order valence-corrected chi connectivity index (χ1v) is 5.18. The maximum Gasteiger partial charge on any atom is 0.268 e. The molecule has 7 heteroatoms. The minimum Gasteiger partial charge on any atom is -0.396 e. The highest BCUT2D eigenvalue weighted by Crippen LogP contribution is 2.34. The maximum absolute atomic E-state index is 10.6. The van der Waals surface area contributed by atoms with Gasteiger partial charge in [-0.05, 0) is 6.42 Å². The fraction of sp³-hybridized carbons (Fsp3) is 0.600. The summed E-state index contributed by atoms with van der Waals surface area (Å²) in [5.41, 5.74) is 2.59. The zero-order valence-electron chi connectivity index (χ0n) is 9.24. The molecule has 2 unspecified atom stereocenters. The summed E-state index contributed by atoms with van der Waals surface area (Å²) in [6.07, 6.45) is 3.43. The van der Waals surface area contributed by atoms with Crippen molar-refractivity contribution in [3.63, 3.8) is 0 Å². The summed E-state index contributed by atoms with van der Waals surface area (Å²) in [6, 6.07) is 0. The van der Waals surface area contributed by atoms with E-state index in [1.807, 2.05) is 0 Å². The van der Waals surface area contributed by atoms with E-state index in [-0.39, 0.29) is 31.8 Å². The first kappa shape index (κ1) is 13.8. The number of allylic oxidation sites excluding steroid dienone is 1. The van der Waals surface area contributed by atoms with Crippen LogP contribution in [-0.2, 0) is 0 Å². The number of aliphatic hydroxyl groups is 3. The Bertz CT molecular complexity index is 368. The Morgan fingerprint density at radius 3 is 2.41 bits per heavy atom. The quantitative estimate of drug-likeness (QED) is 0.359. The Kier molecular flexibility index (Phi) is 3.99. The number of nitrogens with two attached hydrogens (primary N) is 1. The van der Waals surface area contributed by atoms with Crippen LogP contribution in [0.4, 0.5) is 0 Å². The molecule has 0 fully saturated rings. The third-order valence-corrected chi connectivity index (χ3v) is 2.97. The minimum absolute atomic E-state index is 0.0431. The molecule has 5 N–H and O–H groups in total. The number of hydrogen-bond donors (Lipinski definition) is 4. The molecule has 0 heterocycles. The average molecular weight is 244 g/mol. The number of rotatable bonds is 5. The van der Waals surface area contributed by atoms with Crippen molar-refractivity contribution in [2.75, 3.05) is 13.2 Å². The fourth-order valence-corrected chi connectivity index (χ4v) is 1.88. The van der Waals surface area contributed by atoms with Gasteiger partial charge in [-0.25, -0.2) is 0 Å². The van der Waals surface area contributed by atoms with E-state index in [1.165, 1.54) is 12.2 Å². The molecule has 0 amide bonds. The lowest BCUT2D eigenvalue weighted by Gasteiger charge is -2.41. The molecular weight excluding hydrogens is 228 g/mol. The third-order valence-electron chi connectivity index (χ3n) is 2.97. The van der Waals surface area contributed by atoms with E-state index in [4.69, 9.17) is 15.9 Å². The molecule has 0 aromatic heterocycles. The average Bonchev–Trinajstić information content (AvgIpc) is 2.23. The zero-order valence-corrected chi connectivity index (χ0v) is 9.24. The lowest BCUT2D eigenvalue weighted by Crippen LogP contribution is -2.60. The Hall–Kier alpha value is -1.28. The topological polar surface area (TPSA) is 130 Å². The van der Waals surface area contributed by atoms with Crippen molar-refractivity contribution >= 4 is 0 Å². The SMILES string of the molecule is NC1(CCO)C=CC([N+](=O)[O-])=CC1(O)CCO. The molecule has 0 bridgehead atoms. The molecule has 0 spiro atoms. The van der Waals surface area contributed by atoms with E-state index in [0.29, 0.717) is 0 Å². The van der Waals surface area contributed by atoms with E-state index in [0.717, 1.165) is 6.08 Å². The second kappa shape index (κ2) is 4.92. The summed E-state index contributed by atoms with van der Waals surface area (Å²) in [7, 11) is 0. The summed E-state index contributed by atoms with van der Waals surface area (Å²) in [6.45, 7) is -0.633. The van der Waals surface area contributed by atoms with Gasteiger partial charge in [0.1, 0.15) is 5.60 Å². The van der Waals surface area contributed by atoms with E-state index < -0.39 is 16.1 Å². The monoisotopic (exact) mass is 244 g/mol. The number of hydrogen-bond acceptors (Lipinski definition) is 6. The Morgan fingerprint density at radius 2 is 1.94 bits per heavy atom. The molecule has 1 aliphatic rings. The fourth-order valence-electron chi connectivity index (χ4n) is 1.88. The molecule has 7 nitrogen and oxygen atoms in total. The molecule has 96 valence electrons. The van der Waals surface area contributed by atoms with Crippen LogP contribution in [0.15, 0.2) is 23.9 Å². The van der Waals surface area contributed by atoms with Crippen LogP contribution in [0.3, 0.4) is 0 Å². The summed E-state index contributed by atoms with van der Waals surface area (Å²) in [5.74, 6) is 0. The Labute approximate surface area is 98.0 Å². The number of nitrogens with zero attached hydrogens (tertiary/aromatic N) is 1. The lowest BCUT2D eigenvalue weighted by molar-refractivity contribution is -0.420. The molecule has 1 aliphatic carbocycles. The largest absolute Gasteiger partial charge is 0.396 e. The van der Waals surface area contributed by atoms with Crippen LogP contribution >= 0.6 is 0 Å². The van der Waals surface area contributed by atoms with Crippen molar-refractivity contribution in [3.8, 4) is 0 Å². The highest BCUT2D eigenvalue weighted by atomic mass is 16.6. The second-order valence-electron chi connectivity index (χ2n) is 4.07. The number of aliphatic hydroxyl groups excluding tert-OH is 2. The van der Waals surface area contributed by atoms with E-state index in [1.54, 1.807) is 0 Å². The molecule has 0 saturated heterocycles. The lowest BCUT2D eigenvalue weighted by atomic mass is 9.73. The van der Waals surface area contributed by atoms with E-state index in [2.05, 4.69) is 0 Å². The second-order valence-corrected chi connectivity index (χ2v) is 4.07. The molecule has 0 aliphatic heterocycles. The van der Waals surface area contributed by atoms with Gasteiger partial charge in [-0.15, -0.1) is 0 Å². The van der Waals surface area contributed by atoms with Gasteiger partial charge >= 0.3 is 0 Å². The van der Waals surface area contributed by atoms with Gasteiger partial charge in [0.2, 0.25) is 0 Å². The van der Waals surface area contributed by atoms with E-state index >= 15 is 0 Å². The van der Waals surface area contributed by atoms with E-state index in [9.17, 15) is 15.2 Å². The summed E-state index contributed by atoms with van der Waals surface area (Å²) >= 11 is 0. The van der Waals surface area contributed by atoms with Crippen LogP contribution in [0.1, 0.15) is 12.8 Å². The van der Waals surface area contributed by atoms with Crippen LogP contribution in [0.2, 0.25) is 0 Å². The van der Waals surface area contributed by atoms with Crippen molar-refractivity contribution in [2.24, 2.45) is 5.73 Å². The standard InChI is InChI=1S/C10H16N2O5/c11-9(3-5-13)2-1-8(12(16)17)7-10(9,15)4-6-14/h1-2,7,13-15H,3-6,11H2. The Morgan fingerprint density at radius 1 is 1.35 bits per heavy atom. The normalized spacial score (nSPS) is 32.4. The van der Waals surface area contributed by atoms with Crippen LogP contribution in [0.25, 0.3) is 0 Å². The van der Waals surface area contributed by atoms with Crippen molar-refractivity contribution < 1.29 is 20.2 Å². The van der Waals surface area contributed by atoms with Crippen molar-refractivity contribution in [1.29, 1.82) is 0 Å².